The molecule has 7 nitrogen and oxygen atoms in total. The van der Waals surface area contributed by atoms with Crippen molar-refractivity contribution in [2.45, 2.75) is 18.1 Å². The number of anilines is 2. The molecule has 1 aliphatic heterocycles. The van der Waals surface area contributed by atoms with Crippen LogP contribution in [0.3, 0.4) is 0 Å². The van der Waals surface area contributed by atoms with Crippen LogP contribution in [0, 0.1) is 0 Å². The van der Waals surface area contributed by atoms with E-state index < -0.39 is 6.04 Å². The Bertz CT molecular complexity index is 1000. The number of benzene rings is 1. The van der Waals surface area contributed by atoms with Crippen LogP contribution >= 0.6 is 11.8 Å². The molecule has 0 spiro atoms. The number of pyridine rings is 1. The second-order valence-electron chi connectivity index (χ2n) is 6.04. The number of nitrogens with zero attached hydrogens (tertiary/aromatic N) is 4. The minimum absolute atomic E-state index is 0.188. The average Bonchev–Trinajstić information content (AvgIpc) is 3.11. The molecule has 1 aromatic carbocycles. The maximum Gasteiger partial charge on any atom is 0.255 e. The van der Waals surface area contributed by atoms with Gasteiger partial charge in [-0.05, 0) is 36.9 Å². The van der Waals surface area contributed by atoms with Crippen molar-refractivity contribution in [2.24, 2.45) is 0 Å². The molecule has 4 rings (SSSR count). The van der Waals surface area contributed by atoms with Gasteiger partial charge in [0.25, 0.3) is 5.91 Å². The molecule has 0 unspecified atom stereocenters. The quantitative estimate of drug-likeness (QED) is 0.678. The number of rotatable bonds is 4. The summed E-state index contributed by atoms with van der Waals surface area (Å²) in [7, 11) is 0. The van der Waals surface area contributed by atoms with Crippen LogP contribution in [0.1, 0.15) is 18.5 Å². The average molecular weight is 378 g/mol. The number of fused-ring (bicyclic) bond motifs is 1. The van der Waals surface area contributed by atoms with E-state index in [2.05, 4.69) is 25.7 Å². The summed E-state index contributed by atoms with van der Waals surface area (Å²) in [5, 5.41) is 11.4. The minimum Gasteiger partial charge on any atom is -0.328 e. The smallest absolute Gasteiger partial charge is 0.255 e. The van der Waals surface area contributed by atoms with Crippen molar-refractivity contribution in [3.63, 3.8) is 0 Å². The van der Waals surface area contributed by atoms with E-state index in [1.807, 2.05) is 55.6 Å². The number of amides is 1. The van der Waals surface area contributed by atoms with Gasteiger partial charge in [-0.15, -0.1) is 5.10 Å². The number of hydrogen-bond donors (Lipinski definition) is 2. The summed E-state index contributed by atoms with van der Waals surface area (Å²) in [4.78, 5) is 21.9. The number of allylic oxidation sites excluding steroid dienone is 1. The van der Waals surface area contributed by atoms with Crippen molar-refractivity contribution in [3.05, 3.63) is 71.7 Å². The van der Waals surface area contributed by atoms with E-state index in [4.69, 9.17) is 0 Å². The zero-order chi connectivity index (χ0) is 18.8. The summed E-state index contributed by atoms with van der Waals surface area (Å²) in [6.45, 7) is 1.88. The summed E-state index contributed by atoms with van der Waals surface area (Å²) in [5.74, 6) is 0.425. The van der Waals surface area contributed by atoms with E-state index in [0.29, 0.717) is 16.7 Å². The van der Waals surface area contributed by atoms with Gasteiger partial charge >= 0.3 is 0 Å². The van der Waals surface area contributed by atoms with Gasteiger partial charge < -0.3 is 10.6 Å². The Kier molecular flexibility index (Phi) is 4.64. The highest BCUT2D eigenvalue weighted by molar-refractivity contribution is 7.98. The molecule has 0 fully saturated rings. The van der Waals surface area contributed by atoms with Crippen molar-refractivity contribution >= 4 is 29.3 Å². The van der Waals surface area contributed by atoms with Gasteiger partial charge in [-0.3, -0.25) is 9.78 Å². The van der Waals surface area contributed by atoms with Crippen molar-refractivity contribution in [1.82, 2.24) is 19.7 Å². The van der Waals surface area contributed by atoms with Crippen molar-refractivity contribution in [1.29, 1.82) is 0 Å². The lowest BCUT2D eigenvalue weighted by Gasteiger charge is -2.28. The normalized spacial score (nSPS) is 15.9. The number of carbonyl (C=O) groups excluding carboxylic acids is 1. The van der Waals surface area contributed by atoms with E-state index in [9.17, 15) is 4.79 Å². The third-order valence-electron chi connectivity index (χ3n) is 4.29. The monoisotopic (exact) mass is 378 g/mol. The number of hydrogen-bond acceptors (Lipinski definition) is 6. The summed E-state index contributed by atoms with van der Waals surface area (Å²) in [5.41, 5.74) is 2.93. The second kappa shape index (κ2) is 7.24. The van der Waals surface area contributed by atoms with Crippen LogP contribution in [0.4, 0.5) is 11.6 Å². The zero-order valence-electron chi connectivity index (χ0n) is 14.9. The molecule has 1 amide bonds. The Balaban J connectivity index is 1.79. The van der Waals surface area contributed by atoms with Crippen molar-refractivity contribution < 1.29 is 4.79 Å². The summed E-state index contributed by atoms with van der Waals surface area (Å²) in [6.07, 6.45) is 5.38. The van der Waals surface area contributed by atoms with Crippen LogP contribution in [0.2, 0.25) is 0 Å². The summed E-state index contributed by atoms with van der Waals surface area (Å²) in [6, 6.07) is 12.8. The summed E-state index contributed by atoms with van der Waals surface area (Å²) >= 11 is 1.46. The van der Waals surface area contributed by atoms with E-state index in [0.717, 1.165) is 16.9 Å². The van der Waals surface area contributed by atoms with E-state index in [-0.39, 0.29) is 5.91 Å². The first-order valence-corrected chi connectivity index (χ1v) is 9.64. The van der Waals surface area contributed by atoms with Crippen molar-refractivity contribution in [2.75, 3.05) is 16.9 Å². The Morgan fingerprint density at radius 2 is 2.04 bits per heavy atom. The molecular weight excluding hydrogens is 360 g/mol. The molecule has 3 aromatic rings. The predicted molar refractivity (Wildman–Crippen MR) is 106 cm³/mol. The van der Waals surface area contributed by atoms with Gasteiger partial charge in [0, 0.05) is 23.8 Å². The topological polar surface area (TPSA) is 84.7 Å². The first-order chi connectivity index (χ1) is 13.2. The lowest BCUT2D eigenvalue weighted by Crippen LogP contribution is -2.31. The lowest BCUT2D eigenvalue weighted by atomic mass is 9.96. The molecule has 3 heterocycles. The Morgan fingerprint density at radius 1 is 1.22 bits per heavy atom. The minimum atomic E-state index is -0.410. The third kappa shape index (κ3) is 3.31. The molecule has 1 atom stereocenters. The van der Waals surface area contributed by atoms with Crippen LogP contribution in [0.5, 0.6) is 0 Å². The van der Waals surface area contributed by atoms with Gasteiger partial charge in [0.1, 0.15) is 6.04 Å². The Labute approximate surface area is 160 Å². The van der Waals surface area contributed by atoms with Crippen LogP contribution in [-0.4, -0.2) is 31.9 Å². The fraction of sp³-hybridized carbons (Fsp3) is 0.158. The van der Waals surface area contributed by atoms with Crippen LogP contribution < -0.4 is 10.6 Å². The molecule has 2 aromatic heterocycles. The van der Waals surface area contributed by atoms with Crippen molar-refractivity contribution in [3.8, 4) is 0 Å². The number of para-hydroxylation sites is 1. The highest BCUT2D eigenvalue weighted by atomic mass is 32.2. The molecule has 0 radical (unpaired) electrons. The summed E-state index contributed by atoms with van der Waals surface area (Å²) < 4.78 is 1.75. The molecule has 0 aliphatic carbocycles. The van der Waals surface area contributed by atoms with Gasteiger partial charge in [0.2, 0.25) is 11.1 Å². The maximum absolute atomic E-state index is 13.2. The standard InChI is InChI=1S/C19H18N6OS/c1-12-15(17(26)22-14-8-4-3-5-9-14)16(13-7-6-10-20-11-13)25-18(21-12)23-19(24-25)27-2/h3-11,16H,1-2H3,(H,22,26)(H,21,23,24)/t16-/m1/s1. The third-order valence-corrected chi connectivity index (χ3v) is 4.83. The Hall–Kier alpha value is -3.13. The van der Waals surface area contributed by atoms with Crippen LogP contribution in [0.25, 0.3) is 0 Å². The molecule has 2 N–H and O–H groups in total. The zero-order valence-corrected chi connectivity index (χ0v) is 15.7. The van der Waals surface area contributed by atoms with Crippen LogP contribution in [0.15, 0.2) is 71.3 Å². The first-order valence-electron chi connectivity index (χ1n) is 8.42. The van der Waals surface area contributed by atoms with Crippen LogP contribution in [-0.2, 0) is 4.79 Å². The largest absolute Gasteiger partial charge is 0.328 e. The molecule has 27 heavy (non-hydrogen) atoms. The molecule has 136 valence electrons. The number of thioether (sulfide) groups is 1. The highest BCUT2D eigenvalue weighted by Crippen LogP contribution is 2.36. The fourth-order valence-corrected chi connectivity index (χ4v) is 3.43. The molecule has 0 saturated heterocycles. The second-order valence-corrected chi connectivity index (χ2v) is 6.81. The number of aromatic nitrogens is 4. The predicted octanol–water partition coefficient (Wildman–Crippen LogP) is 3.32. The lowest BCUT2D eigenvalue weighted by molar-refractivity contribution is -0.113. The molecule has 8 heteroatoms. The molecule has 0 saturated carbocycles. The van der Waals surface area contributed by atoms with Gasteiger partial charge in [-0.2, -0.15) is 4.98 Å². The maximum atomic E-state index is 13.2. The molecule has 1 aliphatic rings. The van der Waals surface area contributed by atoms with Gasteiger partial charge in [0.05, 0.1) is 5.57 Å². The fourth-order valence-electron chi connectivity index (χ4n) is 3.08. The van der Waals surface area contributed by atoms with E-state index >= 15 is 0 Å². The SMILES string of the molecule is CSc1nc2n(n1)[C@H](c1cccnc1)C(C(=O)Nc1ccccc1)=C(C)N2. The molecule has 0 bridgehead atoms. The van der Waals surface area contributed by atoms with Gasteiger partial charge in [0.15, 0.2) is 0 Å². The van der Waals surface area contributed by atoms with Gasteiger partial charge in [-0.1, -0.05) is 36.0 Å². The Morgan fingerprint density at radius 3 is 2.74 bits per heavy atom. The molecular formula is C19H18N6OS. The van der Waals surface area contributed by atoms with Gasteiger partial charge in [-0.25, -0.2) is 4.68 Å². The van der Waals surface area contributed by atoms with E-state index in [1.165, 1.54) is 11.8 Å². The first kappa shape index (κ1) is 17.3. The van der Waals surface area contributed by atoms with E-state index in [1.54, 1.807) is 17.1 Å². The number of nitrogens with one attached hydrogen (secondary N) is 2. The highest BCUT2D eigenvalue weighted by Gasteiger charge is 2.34. The number of carbonyl (C=O) groups is 1.